The SMILES string of the molecule is C[C@H](NC(=O)COc1cccc(C(F)(F)F)c1)c1ccccc1. The predicted molar refractivity (Wildman–Crippen MR) is 79.9 cm³/mol. The molecule has 1 atom stereocenters. The molecule has 0 unspecified atom stereocenters. The van der Waals surface area contributed by atoms with Gasteiger partial charge >= 0.3 is 6.18 Å². The van der Waals surface area contributed by atoms with Crippen molar-refractivity contribution < 1.29 is 22.7 Å². The van der Waals surface area contributed by atoms with Gasteiger partial charge in [0.2, 0.25) is 0 Å². The van der Waals surface area contributed by atoms with Gasteiger partial charge in [-0.1, -0.05) is 36.4 Å². The molecule has 0 aromatic heterocycles. The summed E-state index contributed by atoms with van der Waals surface area (Å²) in [5, 5.41) is 2.73. The van der Waals surface area contributed by atoms with Crippen molar-refractivity contribution in [1.29, 1.82) is 0 Å². The zero-order valence-electron chi connectivity index (χ0n) is 12.4. The monoisotopic (exact) mass is 323 g/mol. The molecule has 2 rings (SSSR count). The summed E-state index contributed by atoms with van der Waals surface area (Å²) >= 11 is 0. The standard InChI is InChI=1S/C17H16F3NO2/c1-12(13-6-3-2-4-7-13)21-16(22)11-23-15-9-5-8-14(10-15)17(18,19)20/h2-10,12H,11H2,1H3,(H,21,22)/t12-/m0/s1. The number of rotatable bonds is 5. The van der Waals surface area contributed by atoms with E-state index in [-0.39, 0.29) is 18.4 Å². The van der Waals surface area contributed by atoms with Crippen LogP contribution in [0.4, 0.5) is 13.2 Å². The van der Waals surface area contributed by atoms with E-state index in [1.807, 2.05) is 37.3 Å². The van der Waals surface area contributed by atoms with Gasteiger partial charge in [-0.2, -0.15) is 13.2 Å². The van der Waals surface area contributed by atoms with E-state index in [1.54, 1.807) is 0 Å². The maximum absolute atomic E-state index is 12.6. The molecule has 0 aliphatic carbocycles. The smallest absolute Gasteiger partial charge is 0.416 e. The summed E-state index contributed by atoms with van der Waals surface area (Å²) in [6.45, 7) is 1.47. The van der Waals surface area contributed by atoms with Gasteiger partial charge in [-0.25, -0.2) is 0 Å². The quantitative estimate of drug-likeness (QED) is 0.904. The number of amides is 1. The molecule has 6 heteroatoms. The lowest BCUT2D eigenvalue weighted by molar-refractivity contribution is -0.137. The third kappa shape index (κ3) is 5.02. The molecule has 1 N–H and O–H groups in total. The third-order valence-corrected chi connectivity index (χ3v) is 3.21. The number of hydrogen-bond donors (Lipinski definition) is 1. The summed E-state index contributed by atoms with van der Waals surface area (Å²) in [6.07, 6.45) is -4.44. The van der Waals surface area contributed by atoms with E-state index in [0.717, 1.165) is 17.7 Å². The number of ether oxygens (including phenoxy) is 1. The Balaban J connectivity index is 1.90. The molecular weight excluding hydrogens is 307 g/mol. The van der Waals surface area contributed by atoms with Gasteiger partial charge in [-0.15, -0.1) is 0 Å². The van der Waals surface area contributed by atoms with Crippen molar-refractivity contribution in [1.82, 2.24) is 5.32 Å². The van der Waals surface area contributed by atoms with E-state index >= 15 is 0 Å². The Hall–Kier alpha value is -2.50. The van der Waals surface area contributed by atoms with Crippen molar-refractivity contribution in [2.24, 2.45) is 0 Å². The molecular formula is C17H16F3NO2. The zero-order valence-corrected chi connectivity index (χ0v) is 12.4. The van der Waals surface area contributed by atoms with E-state index < -0.39 is 17.6 Å². The number of carbonyl (C=O) groups excluding carboxylic acids is 1. The minimum Gasteiger partial charge on any atom is -0.484 e. The largest absolute Gasteiger partial charge is 0.484 e. The lowest BCUT2D eigenvalue weighted by Crippen LogP contribution is -2.31. The molecule has 0 aliphatic rings. The molecule has 0 aliphatic heterocycles. The van der Waals surface area contributed by atoms with Gasteiger partial charge in [0.05, 0.1) is 11.6 Å². The number of carbonyl (C=O) groups is 1. The molecule has 0 radical (unpaired) electrons. The van der Waals surface area contributed by atoms with Gasteiger partial charge in [0, 0.05) is 0 Å². The Morgan fingerprint density at radius 3 is 2.48 bits per heavy atom. The molecule has 0 bridgehead atoms. The van der Waals surface area contributed by atoms with Gasteiger partial charge in [0.1, 0.15) is 5.75 Å². The van der Waals surface area contributed by atoms with Crippen LogP contribution in [-0.2, 0) is 11.0 Å². The summed E-state index contributed by atoms with van der Waals surface area (Å²) in [4.78, 5) is 11.8. The molecule has 0 spiro atoms. The first-order chi connectivity index (χ1) is 10.9. The maximum atomic E-state index is 12.6. The Bertz CT molecular complexity index is 656. The predicted octanol–water partition coefficient (Wildman–Crippen LogP) is 3.96. The van der Waals surface area contributed by atoms with E-state index in [0.29, 0.717) is 0 Å². The third-order valence-electron chi connectivity index (χ3n) is 3.21. The molecule has 2 aromatic rings. The van der Waals surface area contributed by atoms with E-state index in [9.17, 15) is 18.0 Å². The normalized spacial score (nSPS) is 12.5. The van der Waals surface area contributed by atoms with Crippen LogP contribution in [0.15, 0.2) is 54.6 Å². The highest BCUT2D eigenvalue weighted by atomic mass is 19.4. The fourth-order valence-corrected chi connectivity index (χ4v) is 2.02. The minimum absolute atomic E-state index is 0.00217. The number of benzene rings is 2. The van der Waals surface area contributed by atoms with E-state index in [2.05, 4.69) is 5.32 Å². The first kappa shape index (κ1) is 16.9. The van der Waals surface area contributed by atoms with Crippen LogP contribution >= 0.6 is 0 Å². The Morgan fingerprint density at radius 2 is 1.83 bits per heavy atom. The second-order valence-corrected chi connectivity index (χ2v) is 5.01. The summed E-state index contributed by atoms with van der Waals surface area (Å²) in [5.74, 6) is -0.402. The molecule has 3 nitrogen and oxygen atoms in total. The lowest BCUT2D eigenvalue weighted by atomic mass is 10.1. The second-order valence-electron chi connectivity index (χ2n) is 5.01. The number of halogens is 3. The lowest BCUT2D eigenvalue weighted by Gasteiger charge is -2.15. The summed E-state index contributed by atoms with van der Waals surface area (Å²) < 4.78 is 42.9. The Labute approximate surface area is 132 Å². The molecule has 0 heterocycles. The van der Waals surface area contributed by atoms with Crippen molar-refractivity contribution in [3.63, 3.8) is 0 Å². The summed E-state index contributed by atoms with van der Waals surface area (Å²) in [6, 6.07) is 13.6. The highest BCUT2D eigenvalue weighted by Gasteiger charge is 2.30. The van der Waals surface area contributed by atoms with Crippen molar-refractivity contribution in [2.75, 3.05) is 6.61 Å². The highest BCUT2D eigenvalue weighted by Crippen LogP contribution is 2.31. The molecule has 0 saturated carbocycles. The van der Waals surface area contributed by atoms with Crippen LogP contribution in [0.1, 0.15) is 24.1 Å². The van der Waals surface area contributed by atoms with E-state index in [1.165, 1.54) is 12.1 Å². The number of nitrogens with one attached hydrogen (secondary N) is 1. The summed E-state index contributed by atoms with van der Waals surface area (Å²) in [7, 11) is 0. The van der Waals surface area contributed by atoms with Crippen LogP contribution in [0, 0.1) is 0 Å². The highest BCUT2D eigenvalue weighted by molar-refractivity contribution is 5.78. The number of alkyl halides is 3. The van der Waals surface area contributed by atoms with Crippen LogP contribution in [0.2, 0.25) is 0 Å². The van der Waals surface area contributed by atoms with Crippen molar-refractivity contribution in [3.05, 3.63) is 65.7 Å². The van der Waals surface area contributed by atoms with Gasteiger partial charge < -0.3 is 10.1 Å². The molecule has 122 valence electrons. The van der Waals surface area contributed by atoms with Gasteiger partial charge in [0.25, 0.3) is 5.91 Å². The molecule has 0 saturated heterocycles. The Kier molecular flexibility index (Phi) is 5.26. The first-order valence-electron chi connectivity index (χ1n) is 7.00. The van der Waals surface area contributed by atoms with Crippen LogP contribution < -0.4 is 10.1 Å². The molecule has 0 fully saturated rings. The van der Waals surface area contributed by atoms with Crippen LogP contribution in [0.3, 0.4) is 0 Å². The fraction of sp³-hybridized carbons (Fsp3) is 0.235. The van der Waals surface area contributed by atoms with Gasteiger partial charge in [-0.3, -0.25) is 4.79 Å². The summed E-state index contributed by atoms with van der Waals surface area (Å²) in [5.41, 5.74) is 0.119. The van der Waals surface area contributed by atoms with Crippen LogP contribution in [0.25, 0.3) is 0 Å². The van der Waals surface area contributed by atoms with Gasteiger partial charge in [-0.05, 0) is 30.7 Å². The molecule has 23 heavy (non-hydrogen) atoms. The molecule has 1 amide bonds. The average molecular weight is 323 g/mol. The van der Waals surface area contributed by atoms with Crippen LogP contribution in [0.5, 0.6) is 5.75 Å². The van der Waals surface area contributed by atoms with Crippen molar-refractivity contribution >= 4 is 5.91 Å². The minimum atomic E-state index is -4.44. The zero-order chi connectivity index (χ0) is 16.9. The topological polar surface area (TPSA) is 38.3 Å². The fourth-order valence-electron chi connectivity index (χ4n) is 2.02. The maximum Gasteiger partial charge on any atom is 0.416 e. The van der Waals surface area contributed by atoms with Crippen molar-refractivity contribution in [2.45, 2.75) is 19.1 Å². The average Bonchev–Trinajstić information content (AvgIpc) is 2.53. The van der Waals surface area contributed by atoms with Crippen molar-refractivity contribution in [3.8, 4) is 5.75 Å². The first-order valence-corrected chi connectivity index (χ1v) is 7.00. The van der Waals surface area contributed by atoms with Gasteiger partial charge in [0.15, 0.2) is 6.61 Å². The van der Waals surface area contributed by atoms with E-state index in [4.69, 9.17) is 4.74 Å². The second kappa shape index (κ2) is 7.17. The number of hydrogen-bond acceptors (Lipinski definition) is 2. The Morgan fingerprint density at radius 1 is 1.13 bits per heavy atom. The van der Waals surface area contributed by atoms with Crippen LogP contribution in [-0.4, -0.2) is 12.5 Å². The molecule has 2 aromatic carbocycles.